The molecule has 0 unspecified atom stereocenters. The van der Waals surface area contributed by atoms with Gasteiger partial charge in [0.15, 0.2) is 0 Å². The molecule has 1 heterocycles. The number of anilines is 1. The summed E-state index contributed by atoms with van der Waals surface area (Å²) in [4.78, 5) is 27.8. The third-order valence-corrected chi connectivity index (χ3v) is 5.59. The normalized spacial score (nSPS) is 13.5. The van der Waals surface area contributed by atoms with Crippen LogP contribution in [0.5, 0.6) is 0 Å². The van der Waals surface area contributed by atoms with E-state index in [2.05, 4.69) is 26.2 Å². The van der Waals surface area contributed by atoms with Crippen molar-refractivity contribution in [3.8, 4) is 0 Å². The lowest BCUT2D eigenvalue weighted by Gasteiger charge is -2.17. The Labute approximate surface area is 163 Å². The Balaban J connectivity index is 1.71. The second-order valence-corrected chi connectivity index (χ2v) is 7.78. The molecule has 0 aliphatic heterocycles. The number of aryl methyl sites for hydroxylation is 1. The summed E-state index contributed by atoms with van der Waals surface area (Å²) in [7, 11) is 0. The number of hydrogen-bond acceptors (Lipinski definition) is 2. The first-order valence-corrected chi connectivity index (χ1v) is 9.64. The standard InChI is InChI=1S/C20H16BrClN2O2/c21-11-5-8-17(22)16(9-11)20(26)23-12-6-7-14-13-3-1-2-4-15(13)19(25)24-18(14)10-12/h5-10H,1-4H2,(H,23,26)(H,24,25). The average molecular weight is 432 g/mol. The molecule has 0 fully saturated rings. The Kier molecular flexibility index (Phi) is 4.59. The van der Waals surface area contributed by atoms with E-state index in [1.54, 1.807) is 24.3 Å². The van der Waals surface area contributed by atoms with E-state index in [-0.39, 0.29) is 11.5 Å². The number of carbonyl (C=O) groups is 1. The van der Waals surface area contributed by atoms with Gasteiger partial charge in [-0.15, -0.1) is 0 Å². The van der Waals surface area contributed by atoms with Crippen LogP contribution in [0.4, 0.5) is 5.69 Å². The van der Waals surface area contributed by atoms with Gasteiger partial charge in [0.2, 0.25) is 0 Å². The van der Waals surface area contributed by atoms with Crippen LogP contribution in [-0.4, -0.2) is 10.9 Å². The number of carbonyl (C=O) groups excluding carboxylic acids is 1. The highest BCUT2D eigenvalue weighted by Crippen LogP contribution is 2.28. The number of aromatic amines is 1. The van der Waals surface area contributed by atoms with Crippen LogP contribution in [-0.2, 0) is 12.8 Å². The minimum atomic E-state index is -0.295. The fraction of sp³-hybridized carbons (Fsp3) is 0.200. The fourth-order valence-corrected chi connectivity index (χ4v) is 4.07. The van der Waals surface area contributed by atoms with E-state index in [0.29, 0.717) is 16.3 Å². The van der Waals surface area contributed by atoms with E-state index < -0.39 is 0 Å². The Morgan fingerprint density at radius 2 is 1.85 bits per heavy atom. The number of H-pyrrole nitrogens is 1. The zero-order valence-electron chi connectivity index (χ0n) is 13.9. The number of rotatable bonds is 2. The molecule has 2 N–H and O–H groups in total. The molecule has 132 valence electrons. The molecule has 4 nitrogen and oxygen atoms in total. The third kappa shape index (κ3) is 3.17. The number of aromatic nitrogens is 1. The summed E-state index contributed by atoms with van der Waals surface area (Å²) in [6.45, 7) is 0. The van der Waals surface area contributed by atoms with Crippen LogP contribution < -0.4 is 10.9 Å². The Bertz CT molecular complexity index is 1090. The van der Waals surface area contributed by atoms with Gasteiger partial charge in [-0.05, 0) is 61.6 Å². The maximum Gasteiger partial charge on any atom is 0.257 e. The molecule has 1 amide bonds. The number of nitrogens with one attached hydrogen (secondary N) is 2. The van der Waals surface area contributed by atoms with Crippen molar-refractivity contribution in [1.82, 2.24) is 4.98 Å². The molecule has 1 aromatic heterocycles. The van der Waals surface area contributed by atoms with Crippen LogP contribution in [0.1, 0.15) is 34.3 Å². The van der Waals surface area contributed by atoms with Crippen LogP contribution in [0.25, 0.3) is 10.9 Å². The largest absolute Gasteiger partial charge is 0.322 e. The van der Waals surface area contributed by atoms with E-state index in [1.807, 2.05) is 12.1 Å². The first-order chi connectivity index (χ1) is 12.5. The van der Waals surface area contributed by atoms with E-state index >= 15 is 0 Å². The van der Waals surface area contributed by atoms with Crippen LogP contribution in [0.3, 0.4) is 0 Å². The third-order valence-electron chi connectivity index (χ3n) is 4.77. The molecule has 1 aliphatic rings. The smallest absolute Gasteiger partial charge is 0.257 e. The molecule has 0 bridgehead atoms. The molecule has 2 aromatic carbocycles. The van der Waals surface area contributed by atoms with Crippen molar-refractivity contribution in [2.24, 2.45) is 0 Å². The number of hydrogen-bond donors (Lipinski definition) is 2. The van der Waals surface area contributed by atoms with Crippen LogP contribution in [0.15, 0.2) is 45.7 Å². The molecular formula is C20H16BrClN2O2. The van der Waals surface area contributed by atoms with Crippen molar-refractivity contribution in [2.45, 2.75) is 25.7 Å². The van der Waals surface area contributed by atoms with Gasteiger partial charge in [-0.1, -0.05) is 33.6 Å². The highest BCUT2D eigenvalue weighted by Gasteiger charge is 2.17. The van der Waals surface area contributed by atoms with Crippen molar-refractivity contribution in [1.29, 1.82) is 0 Å². The van der Waals surface area contributed by atoms with Crippen molar-refractivity contribution < 1.29 is 4.79 Å². The lowest BCUT2D eigenvalue weighted by Crippen LogP contribution is -2.19. The van der Waals surface area contributed by atoms with Gasteiger partial charge in [-0.2, -0.15) is 0 Å². The predicted molar refractivity (Wildman–Crippen MR) is 108 cm³/mol. The van der Waals surface area contributed by atoms with Crippen LogP contribution in [0, 0.1) is 0 Å². The zero-order chi connectivity index (χ0) is 18.3. The second kappa shape index (κ2) is 6.89. The summed E-state index contributed by atoms with van der Waals surface area (Å²) >= 11 is 9.47. The number of benzene rings is 2. The number of halogens is 2. The van der Waals surface area contributed by atoms with Gasteiger partial charge in [0, 0.05) is 21.1 Å². The van der Waals surface area contributed by atoms with Gasteiger partial charge in [-0.25, -0.2) is 0 Å². The maximum atomic E-state index is 12.5. The summed E-state index contributed by atoms with van der Waals surface area (Å²) in [5.41, 5.74) is 3.77. The van der Waals surface area contributed by atoms with E-state index in [1.165, 1.54) is 0 Å². The molecule has 6 heteroatoms. The van der Waals surface area contributed by atoms with Gasteiger partial charge in [0.05, 0.1) is 16.1 Å². The first-order valence-electron chi connectivity index (χ1n) is 8.47. The Morgan fingerprint density at radius 1 is 1.08 bits per heavy atom. The molecule has 0 radical (unpaired) electrons. The van der Waals surface area contributed by atoms with Crippen molar-refractivity contribution in [2.75, 3.05) is 5.32 Å². The predicted octanol–water partition coefficient (Wildman–Crippen LogP) is 5.08. The average Bonchev–Trinajstić information content (AvgIpc) is 2.64. The van der Waals surface area contributed by atoms with Crippen LogP contribution >= 0.6 is 27.5 Å². The molecule has 3 aromatic rings. The molecule has 4 rings (SSSR count). The van der Waals surface area contributed by atoms with Gasteiger partial charge in [0.25, 0.3) is 11.5 Å². The molecular weight excluding hydrogens is 416 g/mol. The summed E-state index contributed by atoms with van der Waals surface area (Å²) in [5.74, 6) is -0.295. The quantitative estimate of drug-likeness (QED) is 0.595. The highest BCUT2D eigenvalue weighted by atomic mass is 79.9. The molecule has 0 spiro atoms. The monoisotopic (exact) mass is 430 g/mol. The van der Waals surface area contributed by atoms with Gasteiger partial charge in [0.1, 0.15) is 0 Å². The SMILES string of the molecule is O=C(Nc1ccc2c3c(c(=O)[nH]c2c1)CCCC3)c1cc(Br)ccc1Cl. The number of pyridine rings is 1. The van der Waals surface area contributed by atoms with Gasteiger partial charge >= 0.3 is 0 Å². The topological polar surface area (TPSA) is 62.0 Å². The maximum absolute atomic E-state index is 12.5. The van der Waals surface area contributed by atoms with Crippen molar-refractivity contribution in [3.63, 3.8) is 0 Å². The van der Waals surface area contributed by atoms with Gasteiger partial charge < -0.3 is 10.3 Å². The van der Waals surface area contributed by atoms with E-state index in [0.717, 1.165) is 52.2 Å². The molecule has 0 saturated carbocycles. The van der Waals surface area contributed by atoms with Gasteiger partial charge in [-0.3, -0.25) is 9.59 Å². The summed E-state index contributed by atoms with van der Waals surface area (Å²) < 4.78 is 0.779. The van der Waals surface area contributed by atoms with Crippen molar-refractivity contribution >= 4 is 50.0 Å². The minimum absolute atomic E-state index is 0.0225. The first kappa shape index (κ1) is 17.3. The summed E-state index contributed by atoms with van der Waals surface area (Å²) in [6.07, 6.45) is 3.92. The molecule has 1 aliphatic carbocycles. The lowest BCUT2D eigenvalue weighted by molar-refractivity contribution is 0.102. The van der Waals surface area contributed by atoms with E-state index in [4.69, 9.17) is 11.6 Å². The zero-order valence-corrected chi connectivity index (χ0v) is 16.2. The molecule has 26 heavy (non-hydrogen) atoms. The number of fused-ring (bicyclic) bond motifs is 3. The molecule has 0 saturated heterocycles. The van der Waals surface area contributed by atoms with Crippen molar-refractivity contribution in [3.05, 3.63) is 72.9 Å². The summed E-state index contributed by atoms with van der Waals surface area (Å²) in [5, 5.41) is 4.29. The second-order valence-electron chi connectivity index (χ2n) is 6.46. The Hall–Kier alpha value is -2.11. The fourth-order valence-electron chi connectivity index (χ4n) is 3.51. The van der Waals surface area contributed by atoms with E-state index in [9.17, 15) is 9.59 Å². The highest BCUT2D eigenvalue weighted by molar-refractivity contribution is 9.10. The summed E-state index contributed by atoms with van der Waals surface area (Å²) in [6, 6.07) is 10.8. The minimum Gasteiger partial charge on any atom is -0.322 e. The Morgan fingerprint density at radius 3 is 2.65 bits per heavy atom. The molecule has 0 atom stereocenters. The van der Waals surface area contributed by atoms with Crippen LogP contribution in [0.2, 0.25) is 5.02 Å². The lowest BCUT2D eigenvalue weighted by atomic mass is 9.90. The number of amides is 1.